The number of methoxy groups -OCH3 is 1. The summed E-state index contributed by atoms with van der Waals surface area (Å²) in [6.07, 6.45) is 3.64. The van der Waals surface area contributed by atoms with E-state index < -0.39 is 12.0 Å². The number of aromatic nitrogens is 4. The number of hydrogen-bond acceptors (Lipinski definition) is 10. The van der Waals surface area contributed by atoms with Gasteiger partial charge < -0.3 is 19.7 Å². The molecule has 1 aliphatic rings. The van der Waals surface area contributed by atoms with Gasteiger partial charge in [-0.3, -0.25) is 14.9 Å². The average molecular weight is 505 g/mol. The second-order valence-corrected chi connectivity index (χ2v) is 8.02. The second-order valence-electron chi connectivity index (χ2n) is 8.02. The van der Waals surface area contributed by atoms with Crippen molar-refractivity contribution in [1.82, 2.24) is 19.7 Å². The Balaban J connectivity index is 1.52. The SMILES string of the molecule is [2H]C([2H])([2H])Oc1cc(N2CCOCC2)c([N+](=O)[O-])cc1Nc1nccc(-n2cc(C=O)c(-c3ccccc3)n2)n1. The quantitative estimate of drug-likeness (QED) is 0.215. The molecule has 0 aliphatic carbocycles. The number of nitro benzene ring substituents is 1. The van der Waals surface area contributed by atoms with Gasteiger partial charge in [0.2, 0.25) is 5.95 Å². The van der Waals surface area contributed by atoms with E-state index in [4.69, 9.17) is 13.6 Å². The van der Waals surface area contributed by atoms with E-state index in [0.29, 0.717) is 49.7 Å². The van der Waals surface area contributed by atoms with Crippen molar-refractivity contribution in [2.24, 2.45) is 0 Å². The van der Waals surface area contributed by atoms with Gasteiger partial charge in [-0.2, -0.15) is 10.1 Å². The topological polar surface area (TPSA) is 138 Å². The monoisotopic (exact) mass is 504 g/mol. The van der Waals surface area contributed by atoms with Crippen LogP contribution < -0.4 is 15.0 Å². The lowest BCUT2D eigenvalue weighted by molar-refractivity contribution is -0.384. The number of nitrogens with zero attached hydrogens (tertiary/aromatic N) is 6. The summed E-state index contributed by atoms with van der Waals surface area (Å²) in [5.74, 6) is 0.140. The van der Waals surface area contributed by atoms with Crippen molar-refractivity contribution in [1.29, 1.82) is 0 Å². The number of carbonyl (C=O) groups excluding carboxylic acids is 1. The summed E-state index contributed by atoms with van der Waals surface area (Å²) < 4.78 is 34.8. The highest BCUT2D eigenvalue weighted by Crippen LogP contribution is 2.39. The molecule has 12 nitrogen and oxygen atoms in total. The lowest BCUT2D eigenvalue weighted by Gasteiger charge is -2.29. The predicted octanol–water partition coefficient (Wildman–Crippen LogP) is 3.64. The average Bonchev–Trinajstić information content (AvgIpc) is 3.39. The Kier molecular flexibility index (Phi) is 5.73. The first kappa shape index (κ1) is 20.4. The van der Waals surface area contributed by atoms with Crippen LogP contribution in [0.2, 0.25) is 0 Å². The standard InChI is InChI=1S/C25H23N7O5/c1-36-22-14-20(30-9-11-37-12-10-30)21(32(34)35)13-19(22)27-25-26-8-7-23(28-25)31-15-18(16-33)24(29-31)17-5-3-2-4-6-17/h2-8,13-16H,9-12H2,1H3,(H,26,27,28)/i1D3. The van der Waals surface area contributed by atoms with Crippen LogP contribution in [-0.2, 0) is 4.74 Å². The summed E-state index contributed by atoms with van der Waals surface area (Å²) in [6, 6.07) is 13.2. The molecule has 2 aromatic carbocycles. The Bertz CT molecular complexity index is 1540. The molecular formula is C25H23N7O5. The maximum Gasteiger partial charge on any atom is 0.294 e. The summed E-state index contributed by atoms with van der Waals surface area (Å²) in [6.45, 7) is 1.53. The van der Waals surface area contributed by atoms with Gasteiger partial charge >= 0.3 is 0 Å². The smallest absolute Gasteiger partial charge is 0.294 e. The summed E-state index contributed by atoms with van der Waals surface area (Å²) in [5, 5.41) is 19.3. The first-order valence-corrected chi connectivity index (χ1v) is 11.3. The number of anilines is 3. The predicted molar refractivity (Wildman–Crippen MR) is 136 cm³/mol. The van der Waals surface area contributed by atoms with E-state index in [1.807, 2.05) is 30.3 Å². The molecule has 12 heteroatoms. The van der Waals surface area contributed by atoms with Crippen LogP contribution in [0.15, 0.2) is 60.9 Å². The number of rotatable bonds is 8. The van der Waals surface area contributed by atoms with E-state index in [0.717, 1.165) is 5.56 Å². The molecule has 37 heavy (non-hydrogen) atoms. The lowest BCUT2D eigenvalue weighted by Crippen LogP contribution is -2.36. The molecule has 3 heterocycles. The zero-order chi connectivity index (χ0) is 28.3. The van der Waals surface area contributed by atoms with E-state index in [1.165, 1.54) is 29.2 Å². The molecule has 0 radical (unpaired) electrons. The Labute approximate surface area is 215 Å². The highest BCUT2D eigenvalue weighted by Gasteiger charge is 2.25. The lowest BCUT2D eigenvalue weighted by atomic mass is 10.1. The van der Waals surface area contributed by atoms with Crippen LogP contribution in [0.5, 0.6) is 5.75 Å². The molecule has 188 valence electrons. The molecule has 1 N–H and O–H groups in total. The van der Waals surface area contributed by atoms with Gasteiger partial charge in [-0.25, -0.2) is 9.67 Å². The molecular weight excluding hydrogens is 478 g/mol. The van der Waals surface area contributed by atoms with Gasteiger partial charge in [0, 0.05) is 49.2 Å². The molecule has 0 saturated carbocycles. The Morgan fingerprint density at radius 2 is 2.03 bits per heavy atom. The number of ether oxygens (including phenoxy) is 2. The summed E-state index contributed by atoms with van der Waals surface area (Å²) in [5.41, 5.74) is 1.49. The fourth-order valence-electron chi connectivity index (χ4n) is 4.01. The van der Waals surface area contributed by atoms with Gasteiger partial charge in [0.05, 0.1) is 40.5 Å². The summed E-state index contributed by atoms with van der Waals surface area (Å²) in [7, 11) is -2.83. The Morgan fingerprint density at radius 3 is 2.76 bits per heavy atom. The van der Waals surface area contributed by atoms with Crippen molar-refractivity contribution in [3.8, 4) is 22.8 Å². The number of aldehydes is 1. The molecule has 0 atom stereocenters. The molecule has 2 aromatic heterocycles. The Hall–Kier alpha value is -4.84. The molecule has 1 aliphatic heterocycles. The number of benzene rings is 2. The van der Waals surface area contributed by atoms with Gasteiger partial charge in [0.25, 0.3) is 5.69 Å². The molecule has 0 spiro atoms. The highest BCUT2D eigenvalue weighted by atomic mass is 16.6. The highest BCUT2D eigenvalue weighted by molar-refractivity contribution is 5.85. The zero-order valence-corrected chi connectivity index (χ0v) is 19.4. The molecule has 1 saturated heterocycles. The van der Waals surface area contributed by atoms with Crippen LogP contribution in [0.25, 0.3) is 17.1 Å². The van der Waals surface area contributed by atoms with E-state index in [9.17, 15) is 14.9 Å². The van der Waals surface area contributed by atoms with Crippen LogP contribution in [0.3, 0.4) is 0 Å². The van der Waals surface area contributed by atoms with Gasteiger partial charge in [-0.1, -0.05) is 30.3 Å². The van der Waals surface area contributed by atoms with Crippen LogP contribution in [-0.4, -0.2) is 64.3 Å². The fourth-order valence-corrected chi connectivity index (χ4v) is 4.01. The van der Waals surface area contributed by atoms with Crippen molar-refractivity contribution < 1.29 is 23.3 Å². The number of nitrogens with one attached hydrogen (secondary N) is 1. The number of nitro groups is 1. The van der Waals surface area contributed by atoms with E-state index >= 15 is 0 Å². The zero-order valence-electron chi connectivity index (χ0n) is 22.4. The summed E-state index contributed by atoms with van der Waals surface area (Å²) in [4.78, 5) is 33.5. The third-order valence-corrected chi connectivity index (χ3v) is 5.77. The molecule has 4 aromatic rings. The fraction of sp³-hybridized carbons (Fsp3) is 0.200. The number of carbonyl (C=O) groups is 1. The van der Waals surface area contributed by atoms with Crippen LogP contribution in [0.4, 0.5) is 23.0 Å². The largest absolute Gasteiger partial charge is 0.494 e. The normalized spacial score (nSPS) is 14.8. The first-order chi connectivity index (χ1) is 19.2. The van der Waals surface area contributed by atoms with Gasteiger partial charge in [-0.05, 0) is 0 Å². The maximum absolute atomic E-state index is 12.0. The van der Waals surface area contributed by atoms with Crippen molar-refractivity contribution in [3.63, 3.8) is 0 Å². The van der Waals surface area contributed by atoms with Crippen molar-refractivity contribution in [3.05, 3.63) is 76.6 Å². The van der Waals surface area contributed by atoms with Crippen LogP contribution >= 0.6 is 0 Å². The van der Waals surface area contributed by atoms with E-state index in [2.05, 4.69) is 20.4 Å². The summed E-state index contributed by atoms with van der Waals surface area (Å²) >= 11 is 0. The minimum Gasteiger partial charge on any atom is -0.494 e. The minimum absolute atomic E-state index is 0.00859. The Morgan fingerprint density at radius 1 is 1.22 bits per heavy atom. The minimum atomic E-state index is -2.83. The third kappa shape index (κ3) is 4.95. The molecule has 0 bridgehead atoms. The van der Waals surface area contributed by atoms with Crippen LogP contribution in [0.1, 0.15) is 14.5 Å². The van der Waals surface area contributed by atoms with Gasteiger partial charge in [-0.15, -0.1) is 0 Å². The van der Waals surface area contributed by atoms with Gasteiger partial charge in [0.15, 0.2) is 12.1 Å². The number of hydrogen-bond donors (Lipinski definition) is 1. The van der Waals surface area contributed by atoms with E-state index in [-0.39, 0.29) is 28.8 Å². The molecule has 0 amide bonds. The van der Waals surface area contributed by atoms with Crippen molar-refractivity contribution >= 4 is 29.3 Å². The first-order valence-electron chi connectivity index (χ1n) is 12.8. The third-order valence-electron chi connectivity index (χ3n) is 5.77. The van der Waals surface area contributed by atoms with Crippen molar-refractivity contribution in [2.45, 2.75) is 0 Å². The molecule has 0 unspecified atom stereocenters. The van der Waals surface area contributed by atoms with Crippen molar-refractivity contribution in [2.75, 3.05) is 43.6 Å². The molecule has 5 rings (SSSR count). The maximum atomic E-state index is 12.0. The van der Waals surface area contributed by atoms with Crippen LogP contribution in [0, 0.1) is 10.1 Å². The molecule has 1 fully saturated rings. The van der Waals surface area contributed by atoms with E-state index in [1.54, 1.807) is 11.0 Å². The number of morpholine rings is 1. The second kappa shape index (κ2) is 10.4. The van der Waals surface area contributed by atoms with Gasteiger partial charge in [0.1, 0.15) is 17.1 Å².